The summed E-state index contributed by atoms with van der Waals surface area (Å²) < 4.78 is 0. The highest BCUT2D eigenvalue weighted by Crippen LogP contribution is 2.43. The molecule has 15 heteroatoms. The Morgan fingerprint density at radius 3 is 2.08 bits per heavy atom. The van der Waals surface area contributed by atoms with Crippen molar-refractivity contribution in [3.63, 3.8) is 0 Å². The zero-order chi connectivity index (χ0) is 41.0. The van der Waals surface area contributed by atoms with Crippen LogP contribution in [0.4, 0.5) is 11.4 Å². The second kappa shape index (κ2) is 15.4. The molecule has 1 atom stereocenters. The number of piperazine rings is 1. The van der Waals surface area contributed by atoms with Crippen LogP contribution in [0.15, 0.2) is 60.7 Å². The van der Waals surface area contributed by atoms with Crippen molar-refractivity contribution in [2.75, 3.05) is 81.8 Å². The highest BCUT2D eigenvalue weighted by molar-refractivity contribution is 6.32. The summed E-state index contributed by atoms with van der Waals surface area (Å²) in [5.41, 5.74) is 4.08. The van der Waals surface area contributed by atoms with Crippen LogP contribution in [0, 0.1) is 22.7 Å². The van der Waals surface area contributed by atoms with Crippen molar-refractivity contribution >= 4 is 58.4 Å². The molecule has 6 heterocycles. The molecule has 3 aromatic rings. The lowest BCUT2D eigenvalue weighted by Gasteiger charge is -2.45. The smallest absolute Gasteiger partial charge is 0.262 e. The molecule has 1 N–H and O–H groups in total. The molecule has 6 aliphatic heterocycles. The number of carbonyl (C=O) groups excluding carboxylic acids is 6. The number of likely N-dealkylation sites (tertiary alicyclic amines) is 1. The van der Waals surface area contributed by atoms with E-state index in [0.717, 1.165) is 81.4 Å². The summed E-state index contributed by atoms with van der Waals surface area (Å²) in [5, 5.41) is 11.9. The number of rotatable bonds is 7. The number of carbonyl (C=O) groups is 6. The SMILES string of the molecule is N#Cc1ccc(N2CCC3(CCN(C(=O)c4cccc(C(=O)N5CCN(CC6CN(c7ccc8c(c7)C(=O)N(C7CCC(=O)NC7=O)C8=O)C6)CC5)c4)CC3)C2)cc1Cl. The molecule has 0 radical (unpaired) electrons. The average molecular weight is 817 g/mol. The van der Waals surface area contributed by atoms with Crippen molar-refractivity contribution in [2.24, 2.45) is 11.3 Å². The van der Waals surface area contributed by atoms with Gasteiger partial charge in [0.1, 0.15) is 12.1 Å². The van der Waals surface area contributed by atoms with E-state index in [1.54, 1.807) is 42.5 Å². The summed E-state index contributed by atoms with van der Waals surface area (Å²) in [6, 6.07) is 19.1. The Hall–Kier alpha value is -5.78. The monoisotopic (exact) mass is 816 g/mol. The molecule has 0 aromatic heterocycles. The number of anilines is 2. The van der Waals surface area contributed by atoms with E-state index in [9.17, 15) is 34.0 Å². The van der Waals surface area contributed by atoms with Crippen LogP contribution in [0.3, 0.4) is 0 Å². The Balaban J connectivity index is 0.730. The number of amides is 6. The summed E-state index contributed by atoms with van der Waals surface area (Å²) >= 11 is 6.31. The Morgan fingerprint density at radius 1 is 0.763 bits per heavy atom. The molecule has 1 spiro atoms. The predicted molar refractivity (Wildman–Crippen MR) is 218 cm³/mol. The quantitative estimate of drug-likeness (QED) is 0.350. The van der Waals surface area contributed by atoms with E-state index in [4.69, 9.17) is 11.6 Å². The first-order chi connectivity index (χ1) is 28.5. The minimum absolute atomic E-state index is 0.0447. The topological polar surface area (TPSA) is 158 Å². The third-order valence-electron chi connectivity index (χ3n) is 13.3. The number of nitrogens with zero attached hydrogens (tertiary/aromatic N) is 7. The number of imide groups is 2. The van der Waals surface area contributed by atoms with Crippen molar-refractivity contribution < 1.29 is 28.8 Å². The van der Waals surface area contributed by atoms with Crippen LogP contribution < -0.4 is 15.1 Å². The van der Waals surface area contributed by atoms with Crippen LogP contribution in [0.25, 0.3) is 0 Å². The van der Waals surface area contributed by atoms with E-state index in [0.29, 0.717) is 53.8 Å². The van der Waals surface area contributed by atoms with Gasteiger partial charge in [-0.05, 0) is 85.7 Å². The lowest BCUT2D eigenvalue weighted by Crippen LogP contribution is -2.55. The van der Waals surface area contributed by atoms with Gasteiger partial charge in [-0.15, -0.1) is 0 Å². The van der Waals surface area contributed by atoms with Gasteiger partial charge in [-0.3, -0.25) is 43.9 Å². The molecule has 6 amide bonds. The first-order valence-electron chi connectivity index (χ1n) is 20.5. The number of nitriles is 1. The van der Waals surface area contributed by atoms with Gasteiger partial charge in [0.15, 0.2) is 0 Å². The maximum absolute atomic E-state index is 13.7. The van der Waals surface area contributed by atoms with Crippen molar-refractivity contribution in [1.82, 2.24) is 24.9 Å². The average Bonchev–Trinajstić information content (AvgIpc) is 3.76. The Morgan fingerprint density at radius 2 is 1.41 bits per heavy atom. The molecule has 5 fully saturated rings. The second-order valence-electron chi connectivity index (χ2n) is 16.9. The Labute approximate surface area is 347 Å². The molecular formula is C44H45ClN8O6. The number of nitrogens with one attached hydrogen (secondary N) is 1. The number of hydrogen-bond donors (Lipinski definition) is 1. The summed E-state index contributed by atoms with van der Waals surface area (Å²) in [6.07, 6.45) is 3.06. The van der Waals surface area contributed by atoms with Gasteiger partial charge in [0.2, 0.25) is 11.8 Å². The van der Waals surface area contributed by atoms with E-state index in [-0.39, 0.29) is 41.2 Å². The maximum Gasteiger partial charge on any atom is 0.262 e. The van der Waals surface area contributed by atoms with Gasteiger partial charge in [-0.1, -0.05) is 17.7 Å². The first-order valence-corrected chi connectivity index (χ1v) is 20.8. The molecule has 0 saturated carbocycles. The minimum atomic E-state index is -0.990. The van der Waals surface area contributed by atoms with Crippen LogP contribution in [0.1, 0.15) is 79.1 Å². The van der Waals surface area contributed by atoms with E-state index < -0.39 is 29.7 Å². The zero-order valence-electron chi connectivity index (χ0n) is 32.7. The molecule has 1 unspecified atom stereocenters. The van der Waals surface area contributed by atoms with Gasteiger partial charge >= 0.3 is 0 Å². The molecule has 304 valence electrons. The van der Waals surface area contributed by atoms with E-state index in [2.05, 4.69) is 26.1 Å². The number of piperidine rings is 2. The molecule has 0 aliphatic carbocycles. The predicted octanol–water partition coefficient (Wildman–Crippen LogP) is 3.64. The number of halogens is 1. The van der Waals surface area contributed by atoms with Crippen molar-refractivity contribution in [3.05, 3.63) is 93.5 Å². The molecule has 6 aliphatic rings. The summed E-state index contributed by atoms with van der Waals surface area (Å²) in [5.74, 6) is -1.75. The van der Waals surface area contributed by atoms with E-state index in [1.807, 2.05) is 28.0 Å². The van der Waals surface area contributed by atoms with Gasteiger partial charge in [0.05, 0.1) is 21.7 Å². The summed E-state index contributed by atoms with van der Waals surface area (Å²) in [7, 11) is 0. The largest absolute Gasteiger partial charge is 0.371 e. The lowest BCUT2D eigenvalue weighted by molar-refractivity contribution is -0.136. The van der Waals surface area contributed by atoms with Crippen LogP contribution in [-0.2, 0) is 9.59 Å². The van der Waals surface area contributed by atoms with Gasteiger partial charge in [-0.2, -0.15) is 5.26 Å². The Kier molecular flexibility index (Phi) is 10.1. The third-order valence-corrected chi connectivity index (χ3v) is 13.6. The van der Waals surface area contributed by atoms with E-state index >= 15 is 0 Å². The van der Waals surface area contributed by atoms with Crippen LogP contribution >= 0.6 is 11.6 Å². The van der Waals surface area contributed by atoms with Crippen molar-refractivity contribution in [1.29, 1.82) is 5.26 Å². The fraction of sp³-hybridized carbons (Fsp3) is 0.432. The second-order valence-corrected chi connectivity index (χ2v) is 17.3. The molecule has 59 heavy (non-hydrogen) atoms. The summed E-state index contributed by atoms with van der Waals surface area (Å²) in [6.45, 7) is 8.29. The highest BCUT2D eigenvalue weighted by Gasteiger charge is 2.45. The van der Waals surface area contributed by atoms with Crippen molar-refractivity contribution in [3.8, 4) is 6.07 Å². The number of hydrogen-bond acceptors (Lipinski definition) is 10. The van der Waals surface area contributed by atoms with Gasteiger partial charge in [-0.25, -0.2) is 0 Å². The molecule has 14 nitrogen and oxygen atoms in total. The number of benzene rings is 3. The third kappa shape index (κ3) is 7.31. The Bertz CT molecular complexity index is 2310. The molecular weight excluding hydrogens is 772 g/mol. The summed E-state index contributed by atoms with van der Waals surface area (Å²) in [4.78, 5) is 89.4. The van der Waals surface area contributed by atoms with Crippen LogP contribution in [-0.4, -0.2) is 133 Å². The number of fused-ring (bicyclic) bond motifs is 1. The molecule has 3 aromatic carbocycles. The highest BCUT2D eigenvalue weighted by atomic mass is 35.5. The van der Waals surface area contributed by atoms with E-state index in [1.165, 1.54) is 0 Å². The first kappa shape index (κ1) is 38.7. The van der Waals surface area contributed by atoms with Crippen LogP contribution in [0.5, 0.6) is 0 Å². The maximum atomic E-state index is 13.7. The van der Waals surface area contributed by atoms with Gasteiger partial charge in [0.25, 0.3) is 23.6 Å². The lowest BCUT2D eigenvalue weighted by atomic mass is 9.77. The zero-order valence-corrected chi connectivity index (χ0v) is 33.5. The molecule has 9 rings (SSSR count). The normalized spacial score (nSPS) is 22.1. The van der Waals surface area contributed by atoms with Crippen molar-refractivity contribution in [2.45, 2.75) is 38.1 Å². The molecule has 5 saturated heterocycles. The fourth-order valence-electron chi connectivity index (χ4n) is 9.74. The minimum Gasteiger partial charge on any atom is -0.371 e. The standard InChI is InChI=1S/C44H45ClN8O6/c45-36-22-33(5-4-31(36)23-46)51-15-12-44(27-51)10-13-49(14-11-44)40(56)29-2-1-3-30(20-29)41(57)50-18-16-48(17-19-50)24-28-25-52(26-28)32-6-7-34-35(21-32)43(59)53(42(34)58)37-8-9-38(54)47-39(37)55/h1-7,20-22,28,37H,8-19,24-27H2,(H,47,54,55). The fourth-order valence-corrected chi connectivity index (χ4v) is 9.96. The van der Waals surface area contributed by atoms with Gasteiger partial charge in [0, 0.05) is 107 Å². The van der Waals surface area contributed by atoms with Gasteiger partial charge < -0.3 is 19.6 Å². The van der Waals surface area contributed by atoms with Crippen LogP contribution in [0.2, 0.25) is 5.02 Å². The molecule has 0 bridgehead atoms.